The highest BCUT2D eigenvalue weighted by Crippen LogP contribution is 2.27. The van der Waals surface area contributed by atoms with Crippen molar-refractivity contribution >= 4 is 23.2 Å². The number of halogens is 1. The fourth-order valence-electron chi connectivity index (χ4n) is 2.79. The Morgan fingerprint density at radius 3 is 3.17 bits per heavy atom. The minimum Gasteiger partial charge on any atom is -0.496 e. The number of anilines is 1. The third-order valence-corrected chi connectivity index (χ3v) is 4.32. The fraction of sp³-hybridized carbons (Fsp3) is 0.412. The summed E-state index contributed by atoms with van der Waals surface area (Å²) in [5.74, 6) is 0.435. The number of carbonyl (C=O) groups is 1. The molecule has 0 aliphatic carbocycles. The average Bonchev–Trinajstić information content (AvgIpc) is 3.22. The van der Waals surface area contributed by atoms with Crippen LogP contribution in [0.4, 0.5) is 5.69 Å². The summed E-state index contributed by atoms with van der Waals surface area (Å²) in [6.45, 7) is 1.52. The lowest BCUT2D eigenvalue weighted by Gasteiger charge is -2.10. The Labute approximate surface area is 145 Å². The lowest BCUT2D eigenvalue weighted by Crippen LogP contribution is -2.16. The Morgan fingerprint density at radius 2 is 2.42 bits per heavy atom. The third-order valence-electron chi connectivity index (χ3n) is 3.96. The molecule has 128 valence electrons. The summed E-state index contributed by atoms with van der Waals surface area (Å²) in [6.07, 6.45) is 5.93. The topological polar surface area (TPSA) is 65.4 Å². The lowest BCUT2D eigenvalue weighted by molar-refractivity contribution is -0.115. The molecule has 1 fully saturated rings. The minimum absolute atomic E-state index is 0.139. The molecule has 1 atom stereocenters. The van der Waals surface area contributed by atoms with Crippen LogP contribution < -0.4 is 10.1 Å². The van der Waals surface area contributed by atoms with Crippen molar-refractivity contribution < 1.29 is 14.3 Å². The van der Waals surface area contributed by atoms with Crippen LogP contribution in [0.1, 0.15) is 18.4 Å². The van der Waals surface area contributed by atoms with E-state index in [4.69, 9.17) is 21.1 Å². The number of nitrogens with zero attached hydrogens (tertiary/aromatic N) is 2. The zero-order chi connectivity index (χ0) is 16.9. The Morgan fingerprint density at radius 1 is 1.54 bits per heavy atom. The maximum absolute atomic E-state index is 12.3. The highest BCUT2D eigenvalue weighted by atomic mass is 35.5. The molecule has 24 heavy (non-hydrogen) atoms. The van der Waals surface area contributed by atoms with Crippen LogP contribution in [0.15, 0.2) is 30.6 Å². The number of aromatic nitrogens is 2. The standard InChI is InChI=1S/C17H20ClN3O3/c1-23-16-6-2-5-15(18)14(16)8-17(22)20-12-9-19-21(10-12)11-13-4-3-7-24-13/h2,5-6,9-10,13H,3-4,7-8,11H2,1H3,(H,20,22)/t13-/m0/s1. The van der Waals surface area contributed by atoms with E-state index in [1.165, 1.54) is 0 Å². The van der Waals surface area contributed by atoms with Gasteiger partial charge in [-0.2, -0.15) is 5.10 Å². The van der Waals surface area contributed by atoms with Crippen molar-refractivity contribution in [3.63, 3.8) is 0 Å². The molecule has 7 heteroatoms. The number of benzene rings is 1. The number of rotatable bonds is 6. The number of hydrogen-bond donors (Lipinski definition) is 1. The molecule has 1 N–H and O–H groups in total. The summed E-state index contributed by atoms with van der Waals surface area (Å²) in [7, 11) is 1.56. The van der Waals surface area contributed by atoms with Crippen LogP contribution in [0.2, 0.25) is 5.02 Å². The summed E-state index contributed by atoms with van der Waals surface area (Å²) in [5.41, 5.74) is 1.33. The normalized spacial score (nSPS) is 17.0. The summed E-state index contributed by atoms with van der Waals surface area (Å²) in [5, 5.41) is 7.61. The molecule has 1 aliphatic rings. The Balaban J connectivity index is 1.60. The van der Waals surface area contributed by atoms with Gasteiger partial charge in [0.1, 0.15) is 5.75 Å². The number of nitrogens with one attached hydrogen (secondary N) is 1. The zero-order valence-electron chi connectivity index (χ0n) is 13.5. The number of carbonyl (C=O) groups excluding carboxylic acids is 1. The molecule has 2 aromatic rings. The van der Waals surface area contributed by atoms with E-state index < -0.39 is 0 Å². The van der Waals surface area contributed by atoms with Crippen molar-refractivity contribution in [1.82, 2.24) is 9.78 Å². The molecule has 1 saturated heterocycles. The minimum atomic E-state index is -0.168. The maximum Gasteiger partial charge on any atom is 0.229 e. The molecule has 3 rings (SSSR count). The molecular formula is C17H20ClN3O3. The first-order valence-electron chi connectivity index (χ1n) is 7.91. The first-order chi connectivity index (χ1) is 11.7. The highest BCUT2D eigenvalue weighted by Gasteiger charge is 2.17. The van der Waals surface area contributed by atoms with Gasteiger partial charge in [-0.25, -0.2) is 0 Å². The Bertz CT molecular complexity index is 711. The molecule has 0 unspecified atom stereocenters. The van der Waals surface area contributed by atoms with Crippen molar-refractivity contribution in [2.24, 2.45) is 0 Å². The van der Waals surface area contributed by atoms with Crippen LogP contribution in [0, 0.1) is 0 Å². The summed E-state index contributed by atoms with van der Waals surface area (Å²) in [4.78, 5) is 12.3. The summed E-state index contributed by atoms with van der Waals surface area (Å²) >= 11 is 6.16. The van der Waals surface area contributed by atoms with Gasteiger partial charge in [0, 0.05) is 23.4 Å². The summed E-state index contributed by atoms with van der Waals surface area (Å²) in [6, 6.07) is 5.32. The Hall–Kier alpha value is -2.05. The molecule has 2 heterocycles. The molecule has 1 aromatic heterocycles. The quantitative estimate of drug-likeness (QED) is 0.870. The van der Waals surface area contributed by atoms with Crippen molar-refractivity contribution in [2.45, 2.75) is 31.9 Å². The van der Waals surface area contributed by atoms with Crippen LogP contribution in [-0.4, -0.2) is 35.5 Å². The van der Waals surface area contributed by atoms with E-state index in [0.29, 0.717) is 28.6 Å². The molecule has 0 bridgehead atoms. The first kappa shape index (κ1) is 16.8. The number of amides is 1. The second-order valence-electron chi connectivity index (χ2n) is 5.73. The van der Waals surface area contributed by atoms with Crippen molar-refractivity contribution in [1.29, 1.82) is 0 Å². The SMILES string of the molecule is COc1cccc(Cl)c1CC(=O)Nc1cnn(C[C@@H]2CCCO2)c1. The first-order valence-corrected chi connectivity index (χ1v) is 8.29. The predicted octanol–water partition coefficient (Wildman–Crippen LogP) is 2.91. The van der Waals surface area contributed by atoms with Crippen LogP contribution >= 0.6 is 11.6 Å². The Kier molecular flexibility index (Phi) is 5.37. The molecular weight excluding hydrogens is 330 g/mol. The van der Waals surface area contributed by atoms with Gasteiger partial charge in [0.2, 0.25) is 5.91 Å². The maximum atomic E-state index is 12.3. The van der Waals surface area contributed by atoms with Crippen LogP contribution in [0.5, 0.6) is 5.75 Å². The van der Waals surface area contributed by atoms with E-state index in [1.807, 2.05) is 6.20 Å². The van der Waals surface area contributed by atoms with Gasteiger partial charge in [-0.05, 0) is 25.0 Å². The third kappa shape index (κ3) is 4.07. The molecule has 0 spiro atoms. The smallest absolute Gasteiger partial charge is 0.229 e. The zero-order valence-corrected chi connectivity index (χ0v) is 14.3. The van der Waals surface area contributed by atoms with Gasteiger partial charge in [0.15, 0.2) is 0 Å². The van der Waals surface area contributed by atoms with Crippen LogP contribution in [-0.2, 0) is 22.5 Å². The van der Waals surface area contributed by atoms with Gasteiger partial charge in [-0.3, -0.25) is 9.48 Å². The van der Waals surface area contributed by atoms with Gasteiger partial charge in [0.05, 0.1) is 38.1 Å². The van der Waals surface area contributed by atoms with Gasteiger partial charge in [-0.1, -0.05) is 17.7 Å². The summed E-state index contributed by atoms with van der Waals surface area (Å²) < 4.78 is 12.6. The predicted molar refractivity (Wildman–Crippen MR) is 91.5 cm³/mol. The number of hydrogen-bond acceptors (Lipinski definition) is 4. The van der Waals surface area contributed by atoms with Crippen molar-refractivity contribution in [3.05, 3.63) is 41.2 Å². The lowest BCUT2D eigenvalue weighted by atomic mass is 10.1. The number of ether oxygens (including phenoxy) is 2. The van der Waals surface area contributed by atoms with Gasteiger partial charge < -0.3 is 14.8 Å². The van der Waals surface area contributed by atoms with E-state index in [9.17, 15) is 4.79 Å². The van der Waals surface area contributed by atoms with E-state index >= 15 is 0 Å². The fourth-order valence-corrected chi connectivity index (χ4v) is 3.03. The molecule has 1 aliphatic heterocycles. The van der Waals surface area contributed by atoms with Gasteiger partial charge in [0.25, 0.3) is 0 Å². The van der Waals surface area contributed by atoms with E-state index in [0.717, 1.165) is 19.4 Å². The van der Waals surface area contributed by atoms with E-state index in [2.05, 4.69) is 10.4 Å². The van der Waals surface area contributed by atoms with E-state index in [-0.39, 0.29) is 18.4 Å². The second-order valence-corrected chi connectivity index (χ2v) is 6.14. The molecule has 0 saturated carbocycles. The van der Waals surface area contributed by atoms with Crippen LogP contribution in [0.25, 0.3) is 0 Å². The molecule has 1 aromatic carbocycles. The highest BCUT2D eigenvalue weighted by molar-refractivity contribution is 6.31. The second kappa shape index (κ2) is 7.68. The van der Waals surface area contributed by atoms with E-state index in [1.54, 1.807) is 36.2 Å². The largest absolute Gasteiger partial charge is 0.496 e. The van der Waals surface area contributed by atoms with Crippen molar-refractivity contribution in [3.8, 4) is 5.75 Å². The van der Waals surface area contributed by atoms with Crippen molar-refractivity contribution in [2.75, 3.05) is 19.0 Å². The average molecular weight is 350 g/mol. The molecule has 1 amide bonds. The van der Waals surface area contributed by atoms with Gasteiger partial charge in [-0.15, -0.1) is 0 Å². The molecule has 0 radical (unpaired) electrons. The van der Waals surface area contributed by atoms with Gasteiger partial charge >= 0.3 is 0 Å². The molecule has 6 nitrogen and oxygen atoms in total. The van der Waals surface area contributed by atoms with Crippen LogP contribution in [0.3, 0.4) is 0 Å². The monoisotopic (exact) mass is 349 g/mol. The number of methoxy groups -OCH3 is 1.